The lowest BCUT2D eigenvalue weighted by Crippen LogP contribution is -1.99. The van der Waals surface area contributed by atoms with Crippen LogP contribution in [0.25, 0.3) is 6.08 Å². The third kappa shape index (κ3) is 2.84. The first-order chi connectivity index (χ1) is 7.06. The first-order valence-corrected chi connectivity index (χ1v) is 4.95. The van der Waals surface area contributed by atoms with Crippen molar-refractivity contribution in [3.63, 3.8) is 0 Å². The molecule has 2 N–H and O–H groups in total. The molecule has 1 heterocycles. The van der Waals surface area contributed by atoms with Gasteiger partial charge in [0.2, 0.25) is 5.82 Å². The standard InChI is InChI=1S/C8H8ClN3O2S/c9-7-5(2-1-3-15)4-6(12(13)14)8(10)11-7/h1-2,4,15H,3H2,(H2,10,11). The zero-order valence-electron chi connectivity index (χ0n) is 7.55. The van der Waals surface area contributed by atoms with Gasteiger partial charge in [0.25, 0.3) is 0 Å². The summed E-state index contributed by atoms with van der Waals surface area (Å²) < 4.78 is 0. The van der Waals surface area contributed by atoms with Crippen molar-refractivity contribution in [3.8, 4) is 0 Å². The SMILES string of the molecule is Nc1nc(Cl)c(C=CCS)cc1[N+](=O)[O-]. The van der Waals surface area contributed by atoms with E-state index in [0.717, 1.165) is 0 Å². The fourth-order valence-corrected chi connectivity index (χ4v) is 1.27. The summed E-state index contributed by atoms with van der Waals surface area (Å²) in [6.45, 7) is 0. The number of nitrogens with two attached hydrogens (primary N) is 1. The summed E-state index contributed by atoms with van der Waals surface area (Å²) in [5, 5.41) is 10.7. The lowest BCUT2D eigenvalue weighted by molar-refractivity contribution is -0.384. The number of pyridine rings is 1. The number of hydrogen-bond acceptors (Lipinski definition) is 5. The molecule has 1 aromatic heterocycles. The van der Waals surface area contributed by atoms with Crippen molar-refractivity contribution in [3.05, 3.63) is 33.0 Å². The van der Waals surface area contributed by atoms with Gasteiger partial charge in [-0.05, 0) is 0 Å². The molecule has 1 aromatic rings. The van der Waals surface area contributed by atoms with Crippen LogP contribution in [0.3, 0.4) is 0 Å². The smallest absolute Gasteiger partial charge is 0.311 e. The molecule has 5 nitrogen and oxygen atoms in total. The maximum Gasteiger partial charge on any atom is 0.311 e. The van der Waals surface area contributed by atoms with Crippen LogP contribution in [0.1, 0.15) is 5.56 Å². The van der Waals surface area contributed by atoms with E-state index < -0.39 is 4.92 Å². The monoisotopic (exact) mass is 245 g/mol. The Kier molecular flexibility index (Phi) is 3.93. The van der Waals surface area contributed by atoms with E-state index in [0.29, 0.717) is 11.3 Å². The Morgan fingerprint density at radius 3 is 2.93 bits per heavy atom. The molecule has 0 fully saturated rings. The molecule has 0 bridgehead atoms. The molecule has 0 atom stereocenters. The number of rotatable bonds is 3. The number of aromatic nitrogens is 1. The second-order valence-electron chi connectivity index (χ2n) is 2.61. The summed E-state index contributed by atoms with van der Waals surface area (Å²) in [5.74, 6) is 0.321. The minimum absolute atomic E-state index is 0.135. The highest BCUT2D eigenvalue weighted by atomic mass is 35.5. The summed E-state index contributed by atoms with van der Waals surface area (Å²) in [7, 11) is 0. The van der Waals surface area contributed by atoms with Gasteiger partial charge in [0.15, 0.2) is 0 Å². The fourth-order valence-electron chi connectivity index (χ4n) is 0.951. The van der Waals surface area contributed by atoms with Crippen LogP contribution >= 0.6 is 24.2 Å². The van der Waals surface area contributed by atoms with Crippen molar-refractivity contribution in [2.45, 2.75) is 0 Å². The molecule has 7 heteroatoms. The second-order valence-corrected chi connectivity index (χ2v) is 3.34. The number of hydrogen-bond donors (Lipinski definition) is 2. The van der Waals surface area contributed by atoms with Crippen LogP contribution in [-0.2, 0) is 0 Å². The number of nitro groups is 1. The van der Waals surface area contributed by atoms with Gasteiger partial charge in [0.05, 0.1) is 4.92 Å². The Bertz CT molecular complexity index is 423. The Morgan fingerprint density at radius 2 is 2.40 bits per heavy atom. The summed E-state index contributed by atoms with van der Waals surface area (Å²) >= 11 is 9.72. The summed E-state index contributed by atoms with van der Waals surface area (Å²) in [6, 6.07) is 1.28. The first kappa shape index (κ1) is 11.8. The number of thiol groups is 1. The van der Waals surface area contributed by atoms with Gasteiger partial charge in [-0.2, -0.15) is 12.6 Å². The molecule has 15 heavy (non-hydrogen) atoms. The normalized spacial score (nSPS) is 10.8. The number of anilines is 1. The first-order valence-electron chi connectivity index (χ1n) is 3.94. The molecule has 0 amide bonds. The van der Waals surface area contributed by atoms with Crippen LogP contribution in [0.4, 0.5) is 11.5 Å². The van der Waals surface area contributed by atoms with Gasteiger partial charge in [-0.25, -0.2) is 4.98 Å². The topological polar surface area (TPSA) is 82.0 Å². The average molecular weight is 246 g/mol. The van der Waals surface area contributed by atoms with Gasteiger partial charge >= 0.3 is 5.69 Å². The van der Waals surface area contributed by atoms with Crippen molar-refractivity contribution < 1.29 is 4.92 Å². The summed E-state index contributed by atoms with van der Waals surface area (Å²) in [6.07, 6.45) is 3.31. The van der Waals surface area contributed by atoms with Gasteiger partial charge in [-0.3, -0.25) is 10.1 Å². The molecule has 0 aliphatic rings. The highest BCUT2D eigenvalue weighted by Gasteiger charge is 2.15. The minimum atomic E-state index is -0.600. The average Bonchev–Trinajstić information content (AvgIpc) is 2.16. The maximum atomic E-state index is 10.6. The molecule has 0 aliphatic heterocycles. The molecule has 0 aliphatic carbocycles. The number of halogens is 1. The van der Waals surface area contributed by atoms with E-state index >= 15 is 0 Å². The Morgan fingerprint density at radius 1 is 1.73 bits per heavy atom. The van der Waals surface area contributed by atoms with Crippen molar-refractivity contribution >= 4 is 41.8 Å². The maximum absolute atomic E-state index is 10.6. The van der Waals surface area contributed by atoms with Crippen molar-refractivity contribution in [1.82, 2.24) is 4.98 Å². The van der Waals surface area contributed by atoms with Gasteiger partial charge in [0, 0.05) is 17.4 Å². The van der Waals surface area contributed by atoms with Crippen LogP contribution in [0.5, 0.6) is 0 Å². The van der Waals surface area contributed by atoms with Crippen LogP contribution in [0, 0.1) is 10.1 Å². The van der Waals surface area contributed by atoms with Gasteiger partial charge < -0.3 is 5.73 Å². The number of nitrogens with zero attached hydrogens (tertiary/aromatic N) is 2. The highest BCUT2D eigenvalue weighted by molar-refractivity contribution is 7.80. The van der Waals surface area contributed by atoms with E-state index in [1.165, 1.54) is 6.07 Å². The van der Waals surface area contributed by atoms with Crippen molar-refractivity contribution in [1.29, 1.82) is 0 Å². The zero-order chi connectivity index (χ0) is 11.4. The molecular formula is C8H8ClN3O2S. The van der Waals surface area contributed by atoms with Gasteiger partial charge in [-0.15, -0.1) is 0 Å². The van der Waals surface area contributed by atoms with Crippen molar-refractivity contribution in [2.75, 3.05) is 11.5 Å². The van der Waals surface area contributed by atoms with Crippen LogP contribution in [0.15, 0.2) is 12.1 Å². The van der Waals surface area contributed by atoms with E-state index in [4.69, 9.17) is 17.3 Å². The molecule has 0 spiro atoms. The zero-order valence-corrected chi connectivity index (χ0v) is 9.20. The minimum Gasteiger partial charge on any atom is -0.378 e. The second kappa shape index (κ2) is 4.99. The largest absolute Gasteiger partial charge is 0.378 e. The predicted octanol–water partition coefficient (Wildman–Crippen LogP) is 2.17. The Labute approximate surface area is 96.5 Å². The molecule has 80 valence electrons. The lowest BCUT2D eigenvalue weighted by Gasteiger charge is -2.00. The molecular weight excluding hydrogens is 238 g/mol. The Balaban J connectivity index is 3.23. The van der Waals surface area contributed by atoms with Crippen molar-refractivity contribution in [2.24, 2.45) is 0 Å². The fraction of sp³-hybridized carbons (Fsp3) is 0.125. The highest BCUT2D eigenvalue weighted by Crippen LogP contribution is 2.26. The van der Waals surface area contributed by atoms with Gasteiger partial charge in [0.1, 0.15) is 5.15 Å². The van der Waals surface area contributed by atoms with E-state index in [9.17, 15) is 10.1 Å². The summed E-state index contributed by atoms with van der Waals surface area (Å²) in [5.41, 5.74) is 5.54. The van der Waals surface area contributed by atoms with Crippen LogP contribution in [0.2, 0.25) is 5.15 Å². The predicted molar refractivity (Wildman–Crippen MR) is 63.2 cm³/mol. The van der Waals surface area contributed by atoms with E-state index in [1.54, 1.807) is 12.2 Å². The number of nitrogen functional groups attached to an aromatic ring is 1. The molecule has 1 rings (SSSR count). The quantitative estimate of drug-likeness (QED) is 0.370. The molecule has 0 unspecified atom stereocenters. The summed E-state index contributed by atoms with van der Waals surface area (Å²) in [4.78, 5) is 13.6. The van der Waals surface area contributed by atoms with E-state index in [2.05, 4.69) is 17.6 Å². The van der Waals surface area contributed by atoms with Crippen LogP contribution < -0.4 is 5.73 Å². The van der Waals surface area contributed by atoms with E-state index in [-0.39, 0.29) is 16.7 Å². The third-order valence-electron chi connectivity index (χ3n) is 1.61. The molecule has 0 radical (unpaired) electrons. The Hall–Kier alpha value is -1.27. The molecule has 0 saturated carbocycles. The van der Waals surface area contributed by atoms with E-state index in [1.807, 2.05) is 0 Å². The molecule has 0 aromatic carbocycles. The van der Waals surface area contributed by atoms with Crippen LogP contribution in [-0.4, -0.2) is 15.7 Å². The lowest BCUT2D eigenvalue weighted by atomic mass is 10.2. The third-order valence-corrected chi connectivity index (χ3v) is 2.12. The van der Waals surface area contributed by atoms with Gasteiger partial charge in [-0.1, -0.05) is 23.8 Å². The molecule has 0 saturated heterocycles.